The largest absolute Gasteiger partial charge is 0.488 e. The van der Waals surface area contributed by atoms with E-state index >= 15 is 0 Å². The highest BCUT2D eigenvalue weighted by Gasteiger charge is 2.35. The number of aromatic nitrogens is 1. The Kier molecular flexibility index (Phi) is 6.41. The second-order valence-corrected chi connectivity index (χ2v) is 9.81. The Morgan fingerprint density at radius 2 is 1.94 bits per heavy atom. The summed E-state index contributed by atoms with van der Waals surface area (Å²) in [5.41, 5.74) is 1.79. The average Bonchev–Trinajstić information content (AvgIpc) is 3.21. The Hall–Kier alpha value is -2.96. The molecule has 6 nitrogen and oxygen atoms in total. The number of hydrogen-bond acceptors (Lipinski definition) is 5. The molecular weight excluding hydrogens is 423 g/mol. The molecule has 0 N–H and O–H groups in total. The summed E-state index contributed by atoms with van der Waals surface area (Å²) in [6, 6.07) is 6.43. The number of benzene rings is 1. The molecular formula is C26H31FN2O4. The summed E-state index contributed by atoms with van der Waals surface area (Å²) in [7, 11) is 0. The van der Waals surface area contributed by atoms with Gasteiger partial charge in [-0.1, -0.05) is 13.0 Å². The Bertz CT molecular complexity index is 1050. The molecule has 33 heavy (non-hydrogen) atoms. The van der Waals surface area contributed by atoms with E-state index in [0.717, 1.165) is 30.6 Å². The van der Waals surface area contributed by atoms with E-state index in [1.807, 2.05) is 26.8 Å². The maximum atomic E-state index is 14.7. The van der Waals surface area contributed by atoms with Gasteiger partial charge in [-0.3, -0.25) is 9.78 Å². The van der Waals surface area contributed by atoms with Crippen LogP contribution in [0.25, 0.3) is 11.3 Å². The fourth-order valence-corrected chi connectivity index (χ4v) is 4.46. The molecule has 7 heteroatoms. The zero-order chi connectivity index (χ0) is 23.8. The van der Waals surface area contributed by atoms with Crippen LogP contribution in [-0.4, -0.2) is 46.6 Å². The Balaban J connectivity index is 1.40. The number of rotatable bonds is 4. The van der Waals surface area contributed by atoms with Gasteiger partial charge in [0.2, 0.25) is 0 Å². The van der Waals surface area contributed by atoms with Crippen molar-refractivity contribution in [1.29, 1.82) is 0 Å². The molecule has 2 aliphatic heterocycles. The molecule has 1 aromatic heterocycles. The number of nitrogens with zero attached hydrogens (tertiary/aromatic N) is 2. The zero-order valence-corrected chi connectivity index (χ0v) is 19.7. The molecule has 0 spiro atoms. The summed E-state index contributed by atoms with van der Waals surface area (Å²) >= 11 is 0. The minimum absolute atomic E-state index is 0.0206. The van der Waals surface area contributed by atoms with Gasteiger partial charge in [-0.2, -0.15) is 0 Å². The molecule has 0 saturated carbocycles. The molecule has 3 heterocycles. The molecule has 0 bridgehead atoms. The molecule has 176 valence electrons. The van der Waals surface area contributed by atoms with Crippen LogP contribution < -0.4 is 4.74 Å². The lowest BCUT2D eigenvalue weighted by Gasteiger charge is -2.35. The zero-order valence-electron chi connectivity index (χ0n) is 19.7. The lowest BCUT2D eigenvalue weighted by Crippen LogP contribution is -2.44. The average molecular weight is 455 g/mol. The van der Waals surface area contributed by atoms with Crippen LogP contribution in [0.1, 0.15) is 62.9 Å². The fraction of sp³-hybridized carbons (Fsp3) is 0.500. The van der Waals surface area contributed by atoms with E-state index < -0.39 is 11.4 Å². The quantitative estimate of drug-likeness (QED) is 0.576. The fourth-order valence-electron chi connectivity index (χ4n) is 4.46. The van der Waals surface area contributed by atoms with Crippen LogP contribution >= 0.6 is 0 Å². The number of fused-ring (bicyclic) bond motifs is 1. The first-order valence-corrected chi connectivity index (χ1v) is 11.6. The van der Waals surface area contributed by atoms with Gasteiger partial charge in [0.05, 0.1) is 11.9 Å². The van der Waals surface area contributed by atoms with Crippen LogP contribution in [0.15, 0.2) is 30.5 Å². The number of ketones is 1. The Labute approximate surface area is 194 Å². The highest BCUT2D eigenvalue weighted by Crippen LogP contribution is 2.37. The number of pyridine rings is 1. The van der Waals surface area contributed by atoms with Gasteiger partial charge in [-0.15, -0.1) is 0 Å². The van der Waals surface area contributed by atoms with Crippen LogP contribution in [0.5, 0.6) is 5.75 Å². The molecule has 1 aromatic carbocycles. The number of carbonyl (C=O) groups is 2. The van der Waals surface area contributed by atoms with E-state index in [2.05, 4.69) is 4.98 Å². The molecule has 1 fully saturated rings. The highest BCUT2D eigenvalue weighted by atomic mass is 19.1. The van der Waals surface area contributed by atoms with Crippen molar-refractivity contribution in [3.8, 4) is 17.0 Å². The lowest BCUT2D eigenvalue weighted by molar-refractivity contribution is 0.0123. The minimum atomic E-state index is -0.500. The minimum Gasteiger partial charge on any atom is -0.488 e. The number of likely N-dealkylation sites (tertiary alicyclic amines) is 1. The monoisotopic (exact) mass is 454 g/mol. The van der Waals surface area contributed by atoms with Gasteiger partial charge >= 0.3 is 6.09 Å². The topological polar surface area (TPSA) is 68.7 Å². The molecule has 4 rings (SSSR count). The molecule has 2 aromatic rings. The predicted octanol–water partition coefficient (Wildman–Crippen LogP) is 5.43. The van der Waals surface area contributed by atoms with Crippen LogP contribution in [0.3, 0.4) is 0 Å². The molecule has 2 aliphatic rings. The third-order valence-electron chi connectivity index (χ3n) is 6.25. The van der Waals surface area contributed by atoms with Crippen molar-refractivity contribution >= 4 is 11.9 Å². The van der Waals surface area contributed by atoms with Crippen LogP contribution in [0.4, 0.5) is 9.18 Å². The summed E-state index contributed by atoms with van der Waals surface area (Å²) in [6.07, 6.45) is 4.18. The number of hydrogen-bond donors (Lipinski definition) is 0. The van der Waals surface area contributed by atoms with Gasteiger partial charge in [0, 0.05) is 42.6 Å². The van der Waals surface area contributed by atoms with Gasteiger partial charge in [0.1, 0.15) is 23.3 Å². The number of carbonyl (C=O) groups excluding carboxylic acids is 2. The standard InChI is InChI=1S/C26H31FN2O4/c1-5-22(30)17-6-7-19(20(27)12-17)21-13-18-14-23(32-24(18)15-28-21)16-8-10-29(11-9-16)25(31)33-26(2,3)4/h6-7,12-13,15-16,23H,5,8-11,14H2,1-4H3. The molecule has 1 atom stereocenters. The van der Waals surface area contributed by atoms with E-state index in [4.69, 9.17) is 9.47 Å². The van der Waals surface area contributed by atoms with E-state index in [1.165, 1.54) is 6.07 Å². The summed E-state index contributed by atoms with van der Waals surface area (Å²) in [6.45, 7) is 8.66. The predicted molar refractivity (Wildman–Crippen MR) is 123 cm³/mol. The highest BCUT2D eigenvalue weighted by molar-refractivity contribution is 5.96. The van der Waals surface area contributed by atoms with Crippen molar-refractivity contribution in [2.45, 2.75) is 65.1 Å². The third-order valence-corrected chi connectivity index (χ3v) is 6.25. The second kappa shape index (κ2) is 9.12. The van der Waals surface area contributed by atoms with Gasteiger partial charge in [-0.25, -0.2) is 9.18 Å². The smallest absolute Gasteiger partial charge is 0.410 e. The van der Waals surface area contributed by atoms with Crippen molar-refractivity contribution in [1.82, 2.24) is 9.88 Å². The maximum absolute atomic E-state index is 14.7. The van der Waals surface area contributed by atoms with Crippen molar-refractivity contribution in [3.05, 3.63) is 47.4 Å². The van der Waals surface area contributed by atoms with Crippen molar-refractivity contribution < 1.29 is 23.5 Å². The first-order chi connectivity index (χ1) is 15.6. The molecule has 1 unspecified atom stereocenters. The molecule has 1 saturated heterocycles. The second-order valence-electron chi connectivity index (χ2n) is 9.81. The van der Waals surface area contributed by atoms with E-state index in [9.17, 15) is 14.0 Å². The van der Waals surface area contributed by atoms with Crippen molar-refractivity contribution in [2.75, 3.05) is 13.1 Å². The number of ether oxygens (including phenoxy) is 2. The number of Topliss-reactive ketones (excluding diaryl/α,β-unsaturated/α-hetero) is 1. The summed E-state index contributed by atoms with van der Waals surface area (Å²) in [5, 5.41) is 0. The molecule has 0 radical (unpaired) electrons. The SMILES string of the molecule is CCC(=O)c1ccc(-c2cc3c(cn2)OC(C2CCN(C(=O)OC(C)(C)C)CC2)C3)c(F)c1. The normalized spacial score (nSPS) is 18.6. The van der Waals surface area contributed by atoms with Gasteiger partial charge in [0.15, 0.2) is 5.78 Å². The van der Waals surface area contributed by atoms with Crippen LogP contribution in [-0.2, 0) is 11.2 Å². The van der Waals surface area contributed by atoms with E-state index in [0.29, 0.717) is 42.2 Å². The van der Waals surface area contributed by atoms with Gasteiger partial charge < -0.3 is 14.4 Å². The van der Waals surface area contributed by atoms with Gasteiger partial charge in [0.25, 0.3) is 0 Å². The molecule has 1 amide bonds. The maximum Gasteiger partial charge on any atom is 0.410 e. The van der Waals surface area contributed by atoms with Crippen molar-refractivity contribution in [2.24, 2.45) is 5.92 Å². The Morgan fingerprint density at radius 3 is 2.58 bits per heavy atom. The van der Waals surface area contributed by atoms with Crippen molar-refractivity contribution in [3.63, 3.8) is 0 Å². The summed E-state index contributed by atoms with van der Waals surface area (Å²) in [5.74, 6) is 0.523. The first-order valence-electron chi connectivity index (χ1n) is 11.6. The number of amides is 1. The lowest BCUT2D eigenvalue weighted by atomic mass is 9.89. The summed E-state index contributed by atoms with van der Waals surface area (Å²) < 4.78 is 26.3. The third kappa shape index (κ3) is 5.18. The number of halogens is 1. The van der Waals surface area contributed by atoms with Crippen LogP contribution in [0.2, 0.25) is 0 Å². The Morgan fingerprint density at radius 1 is 1.21 bits per heavy atom. The van der Waals surface area contributed by atoms with E-state index in [-0.39, 0.29) is 18.0 Å². The van der Waals surface area contributed by atoms with Gasteiger partial charge in [-0.05, 0) is 57.7 Å². The first kappa shape index (κ1) is 23.2. The molecule has 0 aliphatic carbocycles. The van der Waals surface area contributed by atoms with Crippen LogP contribution in [0, 0.1) is 11.7 Å². The number of piperidine rings is 1. The summed E-state index contributed by atoms with van der Waals surface area (Å²) in [4.78, 5) is 30.3. The van der Waals surface area contributed by atoms with E-state index in [1.54, 1.807) is 30.2 Å².